The lowest BCUT2D eigenvalue weighted by atomic mass is 10.0. The number of imidazole rings is 1. The molecule has 0 spiro atoms. The molecule has 0 unspecified atom stereocenters. The van der Waals surface area contributed by atoms with E-state index in [0.717, 1.165) is 18.4 Å². The monoisotopic (exact) mass is 569 g/mol. The zero-order valence-electron chi connectivity index (χ0n) is 23.2. The molecule has 2 heterocycles. The number of halogens is 2. The Bertz CT molecular complexity index is 1810. The van der Waals surface area contributed by atoms with E-state index in [4.69, 9.17) is 14.5 Å². The maximum Gasteiger partial charge on any atom is 0.335 e. The van der Waals surface area contributed by atoms with Crippen LogP contribution in [0.25, 0.3) is 22.3 Å². The molecule has 5 aromatic rings. The molecule has 9 heteroatoms. The number of nitrogens with zero attached hydrogens (tertiary/aromatic N) is 3. The largest absolute Gasteiger partial charge is 0.478 e. The minimum atomic E-state index is -1.02. The van der Waals surface area contributed by atoms with Gasteiger partial charge in [0.2, 0.25) is 5.88 Å². The fourth-order valence-electron chi connectivity index (χ4n) is 5.35. The molecule has 0 atom stereocenters. The predicted octanol–water partition coefficient (Wildman–Crippen LogP) is 6.69. The van der Waals surface area contributed by atoms with Gasteiger partial charge in [-0.05, 0) is 67.3 Å². The molecule has 0 aliphatic heterocycles. The van der Waals surface area contributed by atoms with Crippen LogP contribution in [0.5, 0.6) is 5.88 Å². The summed E-state index contributed by atoms with van der Waals surface area (Å²) in [5, 5.41) is 9.54. The molecule has 0 saturated heterocycles. The molecule has 0 bridgehead atoms. The fraction of sp³-hybridized carbons (Fsp3) is 0.242. The van der Waals surface area contributed by atoms with Gasteiger partial charge in [-0.1, -0.05) is 30.3 Å². The molecule has 1 saturated carbocycles. The van der Waals surface area contributed by atoms with Crippen molar-refractivity contribution in [3.63, 3.8) is 0 Å². The predicted molar refractivity (Wildman–Crippen MR) is 154 cm³/mol. The highest BCUT2D eigenvalue weighted by atomic mass is 19.1. The van der Waals surface area contributed by atoms with Crippen LogP contribution in [0.3, 0.4) is 0 Å². The number of rotatable bonds is 10. The van der Waals surface area contributed by atoms with Gasteiger partial charge in [-0.25, -0.2) is 23.5 Å². The molecule has 2 aromatic heterocycles. The number of benzene rings is 3. The molecule has 6 rings (SSSR count). The second-order valence-electron chi connectivity index (χ2n) is 10.8. The minimum absolute atomic E-state index is 0.0232. The molecule has 1 aliphatic carbocycles. The first-order valence-electron chi connectivity index (χ1n) is 13.6. The number of carbonyl (C=O) groups is 1. The van der Waals surface area contributed by atoms with Crippen LogP contribution in [0, 0.1) is 18.6 Å². The van der Waals surface area contributed by atoms with Gasteiger partial charge >= 0.3 is 5.97 Å². The van der Waals surface area contributed by atoms with E-state index in [2.05, 4.69) is 4.98 Å². The number of hydrogen-bond acceptors (Lipinski definition) is 5. The first-order chi connectivity index (χ1) is 20.3. The topological polar surface area (TPSA) is 86.5 Å². The third kappa shape index (κ3) is 5.35. The number of aromatic carboxylic acids is 1. The number of methoxy groups -OCH3 is 1. The molecule has 1 N–H and O–H groups in total. The van der Waals surface area contributed by atoms with Gasteiger partial charge in [-0.2, -0.15) is 0 Å². The lowest BCUT2D eigenvalue weighted by Gasteiger charge is -2.21. The van der Waals surface area contributed by atoms with Gasteiger partial charge in [-0.15, -0.1) is 0 Å². The summed E-state index contributed by atoms with van der Waals surface area (Å²) in [6, 6.07) is 19.9. The molecule has 42 heavy (non-hydrogen) atoms. The Morgan fingerprint density at radius 3 is 2.48 bits per heavy atom. The van der Waals surface area contributed by atoms with Gasteiger partial charge in [0, 0.05) is 30.7 Å². The van der Waals surface area contributed by atoms with Crippen LogP contribution >= 0.6 is 0 Å². The van der Waals surface area contributed by atoms with Crippen molar-refractivity contribution < 1.29 is 28.2 Å². The van der Waals surface area contributed by atoms with E-state index in [9.17, 15) is 14.3 Å². The van der Waals surface area contributed by atoms with Crippen LogP contribution in [0.4, 0.5) is 8.78 Å². The van der Waals surface area contributed by atoms with E-state index in [-0.39, 0.29) is 29.9 Å². The van der Waals surface area contributed by atoms with Crippen LogP contribution < -0.4 is 4.74 Å². The minimum Gasteiger partial charge on any atom is -0.478 e. The first-order valence-corrected chi connectivity index (χ1v) is 13.6. The summed E-state index contributed by atoms with van der Waals surface area (Å²) >= 11 is 0. The maximum absolute atomic E-state index is 15.5. The maximum atomic E-state index is 15.5. The van der Waals surface area contributed by atoms with Gasteiger partial charge in [0.1, 0.15) is 24.1 Å². The number of carboxylic acids is 1. The standard InChI is InChI=1S/C33H29F2N3O4/c1-20-6-7-24(25(34)14-20)18-42-31-5-3-4-27(37-31)22-9-8-21(26(35)15-22)17-30-36-28-11-10-23(32(39)40)16-29(28)38(30)33(12-13-33)19-41-2/h3-11,14-16H,12-13,17-19H2,1-2H3,(H,39,40). The van der Waals surface area contributed by atoms with E-state index in [1.165, 1.54) is 18.2 Å². The van der Waals surface area contributed by atoms with Crippen molar-refractivity contribution in [1.82, 2.24) is 14.5 Å². The summed E-state index contributed by atoms with van der Waals surface area (Å²) in [7, 11) is 1.63. The van der Waals surface area contributed by atoms with E-state index in [1.54, 1.807) is 55.6 Å². The third-order valence-electron chi connectivity index (χ3n) is 7.69. The zero-order chi connectivity index (χ0) is 29.4. The number of aryl methyl sites for hydroxylation is 1. The Labute approximate surface area is 241 Å². The molecule has 7 nitrogen and oxygen atoms in total. The molecular weight excluding hydrogens is 540 g/mol. The van der Waals surface area contributed by atoms with Gasteiger partial charge in [-0.3, -0.25) is 0 Å². The summed E-state index contributed by atoms with van der Waals surface area (Å²) in [4.78, 5) is 20.9. The van der Waals surface area contributed by atoms with Gasteiger partial charge < -0.3 is 19.1 Å². The second-order valence-corrected chi connectivity index (χ2v) is 10.8. The number of aromatic nitrogens is 3. The lowest BCUT2D eigenvalue weighted by molar-refractivity contribution is 0.0697. The highest BCUT2D eigenvalue weighted by molar-refractivity contribution is 5.92. The lowest BCUT2D eigenvalue weighted by Crippen LogP contribution is -2.25. The van der Waals surface area contributed by atoms with Crippen molar-refractivity contribution in [2.45, 2.75) is 38.3 Å². The Morgan fingerprint density at radius 2 is 1.76 bits per heavy atom. The van der Waals surface area contributed by atoms with Crippen molar-refractivity contribution in [3.05, 3.63) is 113 Å². The van der Waals surface area contributed by atoms with Gasteiger partial charge in [0.25, 0.3) is 0 Å². The average molecular weight is 570 g/mol. The highest BCUT2D eigenvalue weighted by Gasteiger charge is 2.47. The SMILES string of the molecule is COCC1(n2c(Cc3ccc(-c4cccc(OCc5ccc(C)cc5F)n4)cc3F)nc3ccc(C(=O)O)cc32)CC1. The van der Waals surface area contributed by atoms with Crippen LogP contribution in [-0.2, 0) is 23.3 Å². The van der Waals surface area contributed by atoms with Crippen molar-refractivity contribution >= 4 is 17.0 Å². The molecule has 1 fully saturated rings. The van der Waals surface area contributed by atoms with E-state index in [1.807, 2.05) is 17.6 Å². The molecule has 0 amide bonds. The van der Waals surface area contributed by atoms with Crippen molar-refractivity contribution in [3.8, 4) is 17.1 Å². The number of pyridine rings is 1. The Morgan fingerprint density at radius 1 is 0.976 bits per heavy atom. The number of carboxylic acid groups (broad SMARTS) is 1. The zero-order valence-corrected chi connectivity index (χ0v) is 23.2. The molecule has 3 aromatic carbocycles. The van der Waals surface area contributed by atoms with Gasteiger partial charge in [0.05, 0.1) is 34.4 Å². The summed E-state index contributed by atoms with van der Waals surface area (Å²) in [5.41, 5.74) is 3.97. The van der Waals surface area contributed by atoms with Crippen molar-refractivity contribution in [2.24, 2.45) is 0 Å². The second kappa shape index (κ2) is 11.0. The molecule has 214 valence electrons. The van der Waals surface area contributed by atoms with E-state index in [0.29, 0.717) is 51.7 Å². The number of fused-ring (bicyclic) bond motifs is 1. The highest BCUT2D eigenvalue weighted by Crippen LogP contribution is 2.47. The Hall–Kier alpha value is -4.63. The smallest absolute Gasteiger partial charge is 0.335 e. The molecule has 0 radical (unpaired) electrons. The van der Waals surface area contributed by atoms with Crippen LogP contribution in [-0.4, -0.2) is 39.3 Å². The van der Waals surface area contributed by atoms with E-state index >= 15 is 4.39 Å². The van der Waals surface area contributed by atoms with Crippen LogP contribution in [0.2, 0.25) is 0 Å². The summed E-state index contributed by atoms with van der Waals surface area (Å²) < 4.78 is 43.0. The summed E-state index contributed by atoms with van der Waals surface area (Å²) in [5.74, 6) is -0.821. The van der Waals surface area contributed by atoms with Gasteiger partial charge in [0.15, 0.2) is 0 Å². The number of hydrogen-bond donors (Lipinski definition) is 1. The Balaban J connectivity index is 1.27. The van der Waals surface area contributed by atoms with Crippen molar-refractivity contribution in [2.75, 3.05) is 13.7 Å². The fourth-order valence-corrected chi connectivity index (χ4v) is 5.35. The molecule has 1 aliphatic rings. The normalized spacial score (nSPS) is 13.8. The third-order valence-corrected chi connectivity index (χ3v) is 7.69. The van der Waals surface area contributed by atoms with Crippen LogP contribution in [0.1, 0.15) is 45.7 Å². The Kier molecular flexibility index (Phi) is 7.20. The molecular formula is C33H29F2N3O4. The summed E-state index contributed by atoms with van der Waals surface area (Å²) in [6.45, 7) is 2.29. The quantitative estimate of drug-likeness (QED) is 0.202. The first kappa shape index (κ1) is 27.5. The average Bonchev–Trinajstić information content (AvgIpc) is 3.65. The van der Waals surface area contributed by atoms with E-state index < -0.39 is 11.8 Å². The number of ether oxygens (including phenoxy) is 2. The van der Waals surface area contributed by atoms with Crippen molar-refractivity contribution in [1.29, 1.82) is 0 Å². The summed E-state index contributed by atoms with van der Waals surface area (Å²) in [6.07, 6.45) is 1.94. The van der Waals surface area contributed by atoms with Crippen LogP contribution in [0.15, 0.2) is 72.8 Å².